The van der Waals surface area contributed by atoms with Crippen LogP contribution in [0.3, 0.4) is 0 Å². The van der Waals surface area contributed by atoms with Crippen LogP contribution in [0.5, 0.6) is 0 Å². The van der Waals surface area contributed by atoms with Gasteiger partial charge in [-0.05, 0) is 31.9 Å². The molecule has 1 rings (SSSR count). The van der Waals surface area contributed by atoms with Crippen LogP contribution in [0.25, 0.3) is 0 Å². The normalized spacial score (nSPS) is 14.4. The van der Waals surface area contributed by atoms with Gasteiger partial charge in [0.05, 0.1) is 4.92 Å². The Morgan fingerprint density at radius 1 is 1.53 bits per heavy atom. The molecule has 1 atom stereocenters. The van der Waals surface area contributed by atoms with Crippen molar-refractivity contribution in [1.82, 2.24) is 0 Å². The van der Waals surface area contributed by atoms with Crippen molar-refractivity contribution in [2.75, 3.05) is 0 Å². The minimum absolute atomic E-state index is 0.0702. The van der Waals surface area contributed by atoms with Crippen LogP contribution >= 0.6 is 0 Å². The van der Waals surface area contributed by atoms with Gasteiger partial charge < -0.3 is 5.73 Å². The maximum atomic E-state index is 13.1. The maximum Gasteiger partial charge on any atom is 0.272 e. The van der Waals surface area contributed by atoms with E-state index in [1.807, 2.05) is 13.8 Å². The molecule has 5 heteroatoms. The molecule has 1 aromatic rings. The second-order valence-corrected chi connectivity index (χ2v) is 4.61. The lowest BCUT2D eigenvalue weighted by molar-refractivity contribution is -0.385. The summed E-state index contributed by atoms with van der Waals surface area (Å²) in [4.78, 5) is 10.3. The van der Waals surface area contributed by atoms with Crippen LogP contribution in [0.4, 0.5) is 10.1 Å². The summed E-state index contributed by atoms with van der Waals surface area (Å²) in [5.41, 5.74) is 5.77. The van der Waals surface area contributed by atoms with Gasteiger partial charge in [-0.3, -0.25) is 10.1 Å². The fraction of sp³-hybridized carbons (Fsp3) is 0.500. The zero-order valence-corrected chi connectivity index (χ0v) is 10.1. The van der Waals surface area contributed by atoms with Crippen LogP contribution < -0.4 is 5.73 Å². The van der Waals surface area contributed by atoms with E-state index in [2.05, 4.69) is 0 Å². The molecular weight excluding hydrogens is 223 g/mol. The Morgan fingerprint density at radius 2 is 2.18 bits per heavy atom. The van der Waals surface area contributed by atoms with Crippen molar-refractivity contribution >= 4 is 5.69 Å². The fourth-order valence-corrected chi connectivity index (χ4v) is 1.97. The third-order valence-electron chi connectivity index (χ3n) is 2.65. The van der Waals surface area contributed by atoms with Crippen molar-refractivity contribution in [2.45, 2.75) is 38.6 Å². The number of halogens is 1. The van der Waals surface area contributed by atoms with E-state index in [0.717, 1.165) is 18.9 Å². The smallest absolute Gasteiger partial charge is 0.272 e. The Hall–Kier alpha value is -1.49. The summed E-state index contributed by atoms with van der Waals surface area (Å²) in [5, 5.41) is 10.8. The first-order valence-corrected chi connectivity index (χ1v) is 5.57. The molecular formula is C12H17FN2O2. The lowest BCUT2D eigenvalue weighted by Gasteiger charge is -2.23. The number of rotatable bonds is 5. The van der Waals surface area contributed by atoms with Gasteiger partial charge in [0.1, 0.15) is 5.82 Å². The number of nitro groups is 1. The monoisotopic (exact) mass is 240 g/mol. The Kier molecular flexibility index (Phi) is 4.17. The maximum absolute atomic E-state index is 13.1. The van der Waals surface area contributed by atoms with Crippen molar-refractivity contribution in [2.24, 2.45) is 5.73 Å². The summed E-state index contributed by atoms with van der Waals surface area (Å²) in [6, 6.07) is 3.47. The summed E-state index contributed by atoms with van der Waals surface area (Å²) in [7, 11) is 0. The average Bonchev–Trinajstić information content (AvgIpc) is 2.15. The van der Waals surface area contributed by atoms with Crippen molar-refractivity contribution in [1.29, 1.82) is 0 Å². The van der Waals surface area contributed by atoms with Gasteiger partial charge in [0.2, 0.25) is 0 Å². The van der Waals surface area contributed by atoms with Crippen LogP contribution in [-0.2, 0) is 6.42 Å². The van der Waals surface area contributed by atoms with Crippen LogP contribution in [0.1, 0.15) is 32.3 Å². The van der Waals surface area contributed by atoms with Gasteiger partial charge in [-0.2, -0.15) is 0 Å². The molecule has 0 aliphatic heterocycles. The Labute approximate surface area is 99.8 Å². The number of hydrogen-bond donors (Lipinski definition) is 1. The Bertz CT molecular complexity index is 419. The van der Waals surface area contributed by atoms with E-state index >= 15 is 0 Å². The number of nitrogens with zero attached hydrogens (tertiary/aromatic N) is 1. The van der Waals surface area contributed by atoms with Gasteiger partial charge in [-0.1, -0.05) is 13.3 Å². The molecule has 0 spiro atoms. The molecule has 2 N–H and O–H groups in total. The third-order valence-corrected chi connectivity index (χ3v) is 2.65. The van der Waals surface area contributed by atoms with Gasteiger partial charge in [0.25, 0.3) is 5.69 Å². The Morgan fingerprint density at radius 3 is 2.71 bits per heavy atom. The minimum atomic E-state index is -0.548. The minimum Gasteiger partial charge on any atom is -0.325 e. The number of nitro benzene ring substituents is 1. The lowest BCUT2D eigenvalue weighted by Crippen LogP contribution is -2.38. The molecule has 0 aliphatic carbocycles. The SMILES string of the molecule is CCCC(C)(N)Cc1cc(F)ccc1[N+](=O)[O-]. The second kappa shape index (κ2) is 5.23. The quantitative estimate of drug-likeness (QED) is 0.635. The van der Waals surface area contributed by atoms with Gasteiger partial charge >= 0.3 is 0 Å². The Balaban J connectivity index is 3.04. The lowest BCUT2D eigenvalue weighted by atomic mass is 9.89. The van der Waals surface area contributed by atoms with Crippen LogP contribution in [0, 0.1) is 15.9 Å². The van der Waals surface area contributed by atoms with Gasteiger partial charge in [-0.15, -0.1) is 0 Å². The molecule has 0 aliphatic rings. The van der Waals surface area contributed by atoms with Crippen molar-refractivity contribution < 1.29 is 9.31 Å². The second-order valence-electron chi connectivity index (χ2n) is 4.61. The van der Waals surface area contributed by atoms with Gasteiger partial charge in [-0.25, -0.2) is 4.39 Å². The van der Waals surface area contributed by atoms with E-state index in [1.165, 1.54) is 12.1 Å². The number of nitrogens with two attached hydrogens (primary N) is 1. The first-order chi connectivity index (χ1) is 7.85. The molecule has 0 saturated carbocycles. The van der Waals surface area contributed by atoms with E-state index in [9.17, 15) is 14.5 Å². The van der Waals surface area contributed by atoms with Gasteiger partial charge in [0, 0.05) is 17.2 Å². The zero-order chi connectivity index (χ0) is 13.1. The van der Waals surface area contributed by atoms with Crippen molar-refractivity contribution in [3.63, 3.8) is 0 Å². The summed E-state index contributed by atoms with van der Waals surface area (Å²) >= 11 is 0. The standard InChI is InChI=1S/C12H17FN2O2/c1-3-6-12(2,14)8-9-7-10(13)4-5-11(9)15(16)17/h4-5,7H,3,6,8,14H2,1-2H3. The highest BCUT2D eigenvalue weighted by Crippen LogP contribution is 2.25. The predicted molar refractivity (Wildman–Crippen MR) is 64.3 cm³/mol. The largest absolute Gasteiger partial charge is 0.325 e. The van der Waals surface area contributed by atoms with E-state index in [-0.39, 0.29) is 5.69 Å². The van der Waals surface area contributed by atoms with E-state index in [0.29, 0.717) is 12.0 Å². The third kappa shape index (κ3) is 3.78. The van der Waals surface area contributed by atoms with Crippen molar-refractivity contribution in [3.05, 3.63) is 39.7 Å². The van der Waals surface area contributed by atoms with E-state index in [1.54, 1.807) is 0 Å². The van der Waals surface area contributed by atoms with E-state index in [4.69, 9.17) is 5.73 Å². The zero-order valence-electron chi connectivity index (χ0n) is 10.1. The first-order valence-electron chi connectivity index (χ1n) is 5.57. The van der Waals surface area contributed by atoms with Gasteiger partial charge in [0.15, 0.2) is 0 Å². The van der Waals surface area contributed by atoms with Crippen LogP contribution in [0.2, 0.25) is 0 Å². The fourth-order valence-electron chi connectivity index (χ4n) is 1.97. The molecule has 1 unspecified atom stereocenters. The molecule has 0 fully saturated rings. The van der Waals surface area contributed by atoms with Crippen LogP contribution in [-0.4, -0.2) is 10.5 Å². The highest BCUT2D eigenvalue weighted by atomic mass is 19.1. The average molecular weight is 240 g/mol. The highest BCUT2D eigenvalue weighted by molar-refractivity contribution is 5.41. The molecule has 4 nitrogen and oxygen atoms in total. The summed E-state index contributed by atoms with van der Waals surface area (Å²) in [6.07, 6.45) is 1.92. The molecule has 0 radical (unpaired) electrons. The molecule has 0 heterocycles. The summed E-state index contributed by atoms with van der Waals surface area (Å²) in [6.45, 7) is 3.82. The highest BCUT2D eigenvalue weighted by Gasteiger charge is 2.23. The summed E-state index contributed by atoms with van der Waals surface area (Å²) in [5.74, 6) is -0.474. The predicted octanol–water partition coefficient (Wildman–Crippen LogP) is 2.79. The van der Waals surface area contributed by atoms with Crippen molar-refractivity contribution in [3.8, 4) is 0 Å². The molecule has 0 saturated heterocycles. The number of hydrogen-bond acceptors (Lipinski definition) is 3. The van der Waals surface area contributed by atoms with Crippen LogP contribution in [0.15, 0.2) is 18.2 Å². The first kappa shape index (κ1) is 13.6. The molecule has 0 bridgehead atoms. The van der Waals surface area contributed by atoms with E-state index < -0.39 is 16.3 Å². The molecule has 17 heavy (non-hydrogen) atoms. The molecule has 0 amide bonds. The number of benzene rings is 1. The molecule has 0 aromatic heterocycles. The summed E-state index contributed by atoms with van der Waals surface area (Å²) < 4.78 is 13.1. The topological polar surface area (TPSA) is 69.2 Å². The molecule has 1 aromatic carbocycles. The molecule has 94 valence electrons.